The van der Waals surface area contributed by atoms with Gasteiger partial charge in [0.15, 0.2) is 11.6 Å². The maximum absolute atomic E-state index is 15.1. The predicted octanol–water partition coefficient (Wildman–Crippen LogP) is 9.30. The van der Waals surface area contributed by atoms with Crippen LogP contribution in [0.1, 0.15) is 69.8 Å². The van der Waals surface area contributed by atoms with Crippen molar-refractivity contribution in [3.63, 3.8) is 0 Å². The zero-order valence-corrected chi connectivity index (χ0v) is 20.0. The van der Waals surface area contributed by atoms with Gasteiger partial charge in [0, 0.05) is 5.56 Å². The van der Waals surface area contributed by atoms with Crippen molar-refractivity contribution >= 4 is 0 Å². The van der Waals surface area contributed by atoms with Gasteiger partial charge in [0.25, 0.3) is 0 Å². The lowest BCUT2D eigenvalue weighted by Gasteiger charge is -2.29. The molecule has 0 saturated heterocycles. The van der Waals surface area contributed by atoms with E-state index in [-0.39, 0.29) is 17.1 Å². The first kappa shape index (κ1) is 24.4. The van der Waals surface area contributed by atoms with Gasteiger partial charge in [-0.05, 0) is 78.0 Å². The van der Waals surface area contributed by atoms with E-state index >= 15 is 4.39 Å². The number of unbranched alkanes of at least 4 members (excludes halogenated alkanes) is 2. The van der Waals surface area contributed by atoms with Crippen LogP contribution in [0, 0.1) is 23.4 Å². The van der Waals surface area contributed by atoms with E-state index in [1.165, 1.54) is 57.8 Å². The van der Waals surface area contributed by atoms with Gasteiger partial charge in [-0.3, -0.25) is 0 Å². The van der Waals surface area contributed by atoms with Crippen LogP contribution in [-0.4, -0.2) is 7.11 Å². The third kappa shape index (κ3) is 5.32. The van der Waals surface area contributed by atoms with Crippen molar-refractivity contribution in [2.45, 2.75) is 64.2 Å². The number of hydrogen-bond acceptors (Lipinski definition) is 1. The molecule has 0 unspecified atom stereocenters. The van der Waals surface area contributed by atoms with Crippen LogP contribution in [0.15, 0.2) is 54.6 Å². The molecule has 0 amide bonds. The summed E-state index contributed by atoms with van der Waals surface area (Å²) in [6.45, 7) is 2.24. The van der Waals surface area contributed by atoms with E-state index in [1.807, 2.05) is 24.3 Å². The van der Waals surface area contributed by atoms with Crippen LogP contribution in [0.2, 0.25) is 0 Å². The molecule has 1 nitrogen and oxygen atoms in total. The first-order valence-corrected chi connectivity index (χ1v) is 12.4. The highest BCUT2D eigenvalue weighted by Crippen LogP contribution is 2.39. The molecule has 0 N–H and O–H groups in total. The van der Waals surface area contributed by atoms with Gasteiger partial charge in [0.1, 0.15) is 5.82 Å². The Bertz CT molecular complexity index is 1100. The minimum Gasteiger partial charge on any atom is -0.494 e. The molecule has 3 aromatic rings. The number of ether oxygens (including phenoxy) is 1. The Labute approximate surface area is 201 Å². The summed E-state index contributed by atoms with van der Waals surface area (Å²) >= 11 is 0. The molecule has 1 aliphatic rings. The lowest BCUT2D eigenvalue weighted by molar-refractivity contribution is 0.299. The summed E-state index contributed by atoms with van der Waals surface area (Å²) in [4.78, 5) is 0. The first-order valence-electron chi connectivity index (χ1n) is 12.4. The fourth-order valence-electron chi connectivity index (χ4n) is 5.24. The molecule has 3 aromatic carbocycles. The largest absolute Gasteiger partial charge is 0.494 e. The molecule has 34 heavy (non-hydrogen) atoms. The molecular weight excluding hydrogens is 433 g/mol. The lowest BCUT2D eigenvalue weighted by atomic mass is 9.76. The molecule has 1 fully saturated rings. The van der Waals surface area contributed by atoms with Crippen molar-refractivity contribution < 1.29 is 17.9 Å². The molecule has 4 heteroatoms. The molecule has 1 aliphatic carbocycles. The van der Waals surface area contributed by atoms with Crippen molar-refractivity contribution in [1.82, 2.24) is 0 Å². The average molecular weight is 467 g/mol. The number of rotatable bonds is 8. The lowest BCUT2D eigenvalue weighted by Crippen LogP contribution is -2.14. The number of methoxy groups -OCH3 is 1. The van der Waals surface area contributed by atoms with E-state index in [9.17, 15) is 8.78 Å². The van der Waals surface area contributed by atoms with E-state index in [0.717, 1.165) is 35.4 Å². The van der Waals surface area contributed by atoms with Crippen molar-refractivity contribution in [3.05, 3.63) is 77.6 Å². The van der Waals surface area contributed by atoms with Gasteiger partial charge in [-0.25, -0.2) is 8.78 Å². The summed E-state index contributed by atoms with van der Waals surface area (Å²) in [5.74, 6) is -1.13. The molecule has 1 saturated carbocycles. The molecular formula is C30H33F3O. The second-order valence-electron chi connectivity index (χ2n) is 9.47. The van der Waals surface area contributed by atoms with Crippen molar-refractivity contribution in [2.75, 3.05) is 7.11 Å². The monoisotopic (exact) mass is 466 g/mol. The van der Waals surface area contributed by atoms with E-state index in [0.29, 0.717) is 11.5 Å². The summed E-state index contributed by atoms with van der Waals surface area (Å²) in [7, 11) is 1.30. The van der Waals surface area contributed by atoms with E-state index in [2.05, 4.69) is 6.92 Å². The Balaban J connectivity index is 1.45. The SMILES string of the molecule is CCCCCC1CCC(c2ccc(-c3ccc(-c4ccc(OC)c(F)c4F)cc3)cc2F)CC1. The maximum atomic E-state index is 15.1. The van der Waals surface area contributed by atoms with Gasteiger partial charge >= 0.3 is 0 Å². The summed E-state index contributed by atoms with van der Waals surface area (Å²) in [5.41, 5.74) is 3.15. The Kier molecular flexibility index (Phi) is 7.97. The quantitative estimate of drug-likeness (QED) is 0.301. The normalized spacial score (nSPS) is 18.1. The van der Waals surface area contributed by atoms with Crippen LogP contribution in [0.3, 0.4) is 0 Å². The molecule has 0 bridgehead atoms. The van der Waals surface area contributed by atoms with Gasteiger partial charge in [-0.1, -0.05) is 69.0 Å². The average Bonchev–Trinajstić information content (AvgIpc) is 2.86. The van der Waals surface area contributed by atoms with E-state index in [4.69, 9.17) is 4.74 Å². The predicted molar refractivity (Wildman–Crippen MR) is 133 cm³/mol. The van der Waals surface area contributed by atoms with Crippen LogP contribution < -0.4 is 4.74 Å². The Morgan fingerprint density at radius 2 is 1.44 bits per heavy atom. The molecule has 180 valence electrons. The summed E-state index contributed by atoms with van der Waals surface area (Å²) in [6, 6.07) is 15.5. The standard InChI is InChI=1S/C30H33F3O/c1-3-4-5-6-20-7-9-22(10-8-20)25-16-15-24(19-27(25)31)21-11-13-23(14-12-21)26-17-18-28(34-2)30(33)29(26)32/h11-20,22H,3-10H2,1-2H3. The topological polar surface area (TPSA) is 9.23 Å². The highest BCUT2D eigenvalue weighted by atomic mass is 19.2. The fraction of sp³-hybridized carbons (Fsp3) is 0.400. The van der Waals surface area contributed by atoms with Crippen molar-refractivity contribution in [2.24, 2.45) is 5.92 Å². The second kappa shape index (κ2) is 11.1. The maximum Gasteiger partial charge on any atom is 0.201 e. The van der Waals surface area contributed by atoms with Crippen LogP contribution in [0.5, 0.6) is 5.75 Å². The molecule has 0 aromatic heterocycles. The van der Waals surface area contributed by atoms with Gasteiger partial charge in [0.05, 0.1) is 7.11 Å². The summed E-state index contributed by atoms with van der Waals surface area (Å²) in [6.07, 6.45) is 9.70. The van der Waals surface area contributed by atoms with Crippen molar-refractivity contribution in [3.8, 4) is 28.0 Å². The van der Waals surface area contributed by atoms with Gasteiger partial charge in [-0.2, -0.15) is 4.39 Å². The summed E-state index contributed by atoms with van der Waals surface area (Å²) < 4.78 is 48.4. The number of hydrogen-bond donors (Lipinski definition) is 0. The van der Waals surface area contributed by atoms with E-state index in [1.54, 1.807) is 18.2 Å². The molecule has 0 atom stereocenters. The molecule has 0 radical (unpaired) electrons. The van der Waals surface area contributed by atoms with Crippen LogP contribution in [0.25, 0.3) is 22.3 Å². The van der Waals surface area contributed by atoms with Crippen molar-refractivity contribution in [1.29, 1.82) is 0 Å². The van der Waals surface area contributed by atoms with Crippen LogP contribution >= 0.6 is 0 Å². The van der Waals surface area contributed by atoms with E-state index < -0.39 is 11.6 Å². The van der Waals surface area contributed by atoms with Crippen LogP contribution in [0.4, 0.5) is 13.2 Å². The fourth-order valence-corrected chi connectivity index (χ4v) is 5.24. The summed E-state index contributed by atoms with van der Waals surface area (Å²) in [5, 5.41) is 0. The number of benzene rings is 3. The molecule has 0 heterocycles. The highest BCUT2D eigenvalue weighted by molar-refractivity contribution is 5.71. The first-order chi connectivity index (χ1) is 16.5. The smallest absolute Gasteiger partial charge is 0.201 e. The number of halogens is 3. The van der Waals surface area contributed by atoms with Gasteiger partial charge in [-0.15, -0.1) is 0 Å². The Hall–Kier alpha value is -2.75. The minimum atomic E-state index is -1.00. The Morgan fingerprint density at radius 3 is 2.09 bits per heavy atom. The zero-order chi connectivity index (χ0) is 24.1. The third-order valence-corrected chi connectivity index (χ3v) is 7.30. The van der Waals surface area contributed by atoms with Gasteiger partial charge in [0.2, 0.25) is 5.82 Å². The highest BCUT2D eigenvalue weighted by Gasteiger charge is 2.24. The zero-order valence-electron chi connectivity index (χ0n) is 20.0. The third-order valence-electron chi connectivity index (χ3n) is 7.30. The minimum absolute atomic E-state index is 0.126. The van der Waals surface area contributed by atoms with Gasteiger partial charge < -0.3 is 4.74 Å². The Morgan fingerprint density at radius 1 is 0.765 bits per heavy atom. The second-order valence-corrected chi connectivity index (χ2v) is 9.47. The van der Waals surface area contributed by atoms with Crippen LogP contribution in [-0.2, 0) is 0 Å². The molecule has 0 spiro atoms. The molecule has 4 rings (SSSR count). The molecule has 0 aliphatic heterocycles.